The van der Waals surface area contributed by atoms with Gasteiger partial charge in [-0.1, -0.05) is 0 Å². The van der Waals surface area contributed by atoms with E-state index < -0.39 is 23.6 Å². The quantitative estimate of drug-likeness (QED) is 0.438. The van der Waals surface area contributed by atoms with Crippen LogP contribution in [0, 0.1) is 5.82 Å². The summed E-state index contributed by atoms with van der Waals surface area (Å²) in [5, 5.41) is 0. The number of hydrogen-bond acceptors (Lipinski definition) is 2. The van der Waals surface area contributed by atoms with Crippen LogP contribution in [0.3, 0.4) is 0 Å². The highest BCUT2D eigenvalue weighted by atomic mass is 19.4. The second kappa shape index (κ2) is 4.45. The maximum Gasteiger partial charge on any atom is 0.416 e. The van der Waals surface area contributed by atoms with Gasteiger partial charge in [0, 0.05) is 5.56 Å². The van der Waals surface area contributed by atoms with Crippen LogP contribution in [0.1, 0.15) is 24.1 Å². The second-order valence-electron chi connectivity index (χ2n) is 3.13. The van der Waals surface area contributed by atoms with Gasteiger partial charge in [-0.25, -0.2) is 9.18 Å². The first kappa shape index (κ1) is 12.4. The van der Waals surface area contributed by atoms with E-state index in [-0.39, 0.29) is 5.56 Å². The summed E-state index contributed by atoms with van der Waals surface area (Å²) in [5.74, 6) is -0.834. The van der Waals surface area contributed by atoms with Gasteiger partial charge in [-0.15, -0.1) is 0 Å². The van der Waals surface area contributed by atoms with Gasteiger partial charge in [0.15, 0.2) is 0 Å². The largest absolute Gasteiger partial charge is 0.416 e. The molecule has 16 heavy (non-hydrogen) atoms. The van der Waals surface area contributed by atoms with Crippen LogP contribution in [0.2, 0.25) is 0 Å². The molecule has 0 aliphatic rings. The number of rotatable bonds is 2. The third-order valence-corrected chi connectivity index (χ3v) is 2.02. The minimum absolute atomic E-state index is 0.279. The Balaban J connectivity index is 3.23. The lowest BCUT2D eigenvalue weighted by Crippen LogP contribution is -2.07. The topological polar surface area (TPSA) is 29.4 Å². The smallest absolute Gasteiger partial charge is 0.211 e. The van der Waals surface area contributed by atoms with E-state index >= 15 is 0 Å². The van der Waals surface area contributed by atoms with E-state index in [1.807, 2.05) is 0 Å². The molecule has 0 spiro atoms. The van der Waals surface area contributed by atoms with Crippen LogP contribution < -0.4 is 0 Å². The molecule has 1 aromatic carbocycles. The summed E-state index contributed by atoms with van der Waals surface area (Å²) >= 11 is 0. The maximum atomic E-state index is 13.2. The average Bonchev–Trinajstić information content (AvgIpc) is 2.16. The van der Waals surface area contributed by atoms with Gasteiger partial charge >= 0.3 is 6.18 Å². The van der Waals surface area contributed by atoms with E-state index in [0.717, 1.165) is 0 Å². The number of aliphatic imine (C=N–C) groups is 1. The number of carbonyl (C=O) groups excluding carboxylic acids is 1. The van der Waals surface area contributed by atoms with Gasteiger partial charge in [-0.2, -0.15) is 18.2 Å². The zero-order chi connectivity index (χ0) is 12.3. The van der Waals surface area contributed by atoms with Gasteiger partial charge < -0.3 is 0 Å². The first-order valence-corrected chi connectivity index (χ1v) is 4.30. The normalized spacial score (nSPS) is 13.1. The summed E-state index contributed by atoms with van der Waals surface area (Å²) in [7, 11) is 0. The van der Waals surface area contributed by atoms with Crippen LogP contribution in [0.5, 0.6) is 0 Å². The molecule has 1 rings (SSSR count). The highest BCUT2D eigenvalue weighted by Crippen LogP contribution is 2.32. The van der Waals surface area contributed by atoms with Gasteiger partial charge in [0.1, 0.15) is 5.82 Å². The molecule has 0 fully saturated rings. The molecule has 0 N–H and O–H groups in total. The Bertz CT molecular complexity index is 435. The molecule has 0 aromatic heterocycles. The van der Waals surface area contributed by atoms with Crippen LogP contribution in [0.25, 0.3) is 0 Å². The fourth-order valence-corrected chi connectivity index (χ4v) is 1.19. The van der Waals surface area contributed by atoms with Crippen molar-refractivity contribution in [3.63, 3.8) is 0 Å². The molecule has 2 nitrogen and oxygen atoms in total. The van der Waals surface area contributed by atoms with E-state index in [1.165, 1.54) is 13.0 Å². The van der Waals surface area contributed by atoms with Crippen LogP contribution in [0.4, 0.5) is 17.6 Å². The van der Waals surface area contributed by atoms with Crippen molar-refractivity contribution in [3.8, 4) is 0 Å². The number of alkyl halides is 3. The van der Waals surface area contributed by atoms with Crippen molar-refractivity contribution < 1.29 is 22.4 Å². The molecule has 1 aromatic rings. The molecule has 0 heterocycles. The van der Waals surface area contributed by atoms with Crippen LogP contribution in [-0.4, -0.2) is 6.08 Å². The number of isocyanates is 1. The first-order chi connectivity index (χ1) is 7.36. The van der Waals surface area contributed by atoms with Crippen molar-refractivity contribution in [1.29, 1.82) is 0 Å². The lowest BCUT2D eigenvalue weighted by atomic mass is 10.0. The summed E-state index contributed by atoms with van der Waals surface area (Å²) < 4.78 is 50.1. The molecule has 0 amide bonds. The average molecular weight is 233 g/mol. The molecule has 0 bridgehead atoms. The highest BCUT2D eigenvalue weighted by molar-refractivity contribution is 5.36. The molecule has 0 aliphatic carbocycles. The second-order valence-corrected chi connectivity index (χ2v) is 3.13. The predicted molar refractivity (Wildman–Crippen MR) is 47.9 cm³/mol. The van der Waals surface area contributed by atoms with Crippen molar-refractivity contribution >= 4 is 6.08 Å². The van der Waals surface area contributed by atoms with Crippen LogP contribution in [0.15, 0.2) is 23.2 Å². The molecule has 0 saturated carbocycles. The van der Waals surface area contributed by atoms with Crippen molar-refractivity contribution in [2.45, 2.75) is 19.1 Å². The first-order valence-electron chi connectivity index (χ1n) is 4.30. The molecule has 0 aliphatic heterocycles. The zero-order valence-corrected chi connectivity index (χ0v) is 8.18. The van der Waals surface area contributed by atoms with Gasteiger partial charge in [0.05, 0.1) is 11.6 Å². The Kier molecular flexibility index (Phi) is 3.44. The van der Waals surface area contributed by atoms with Crippen molar-refractivity contribution in [2.75, 3.05) is 0 Å². The van der Waals surface area contributed by atoms with Crippen molar-refractivity contribution in [3.05, 3.63) is 35.1 Å². The molecule has 1 atom stereocenters. The van der Waals surface area contributed by atoms with Gasteiger partial charge in [0.25, 0.3) is 0 Å². The molecular weight excluding hydrogens is 226 g/mol. The Labute approximate surface area is 88.6 Å². The van der Waals surface area contributed by atoms with Gasteiger partial charge in [-0.05, 0) is 25.1 Å². The lowest BCUT2D eigenvalue weighted by molar-refractivity contribution is -0.137. The molecule has 86 valence electrons. The number of nitrogens with zero attached hydrogens (tertiary/aromatic N) is 1. The summed E-state index contributed by atoms with van der Waals surface area (Å²) in [6, 6.07) is 0.992. The highest BCUT2D eigenvalue weighted by Gasteiger charge is 2.31. The number of halogens is 4. The molecule has 1 unspecified atom stereocenters. The SMILES string of the molecule is CC(N=C=O)c1cc(C(F)(F)F)ccc1F. The monoisotopic (exact) mass is 233 g/mol. The Morgan fingerprint density at radius 3 is 2.50 bits per heavy atom. The maximum absolute atomic E-state index is 13.2. The lowest BCUT2D eigenvalue weighted by Gasteiger charge is -2.11. The summed E-state index contributed by atoms with van der Waals surface area (Å²) in [6.07, 6.45) is -3.37. The fraction of sp³-hybridized carbons (Fsp3) is 0.300. The van der Waals surface area contributed by atoms with Crippen LogP contribution >= 0.6 is 0 Å². The third-order valence-electron chi connectivity index (χ3n) is 2.02. The molecule has 0 saturated heterocycles. The minimum Gasteiger partial charge on any atom is -0.211 e. The van der Waals surface area contributed by atoms with Gasteiger partial charge in [0.2, 0.25) is 6.08 Å². The van der Waals surface area contributed by atoms with Crippen molar-refractivity contribution in [2.24, 2.45) is 4.99 Å². The predicted octanol–water partition coefficient (Wildman–Crippen LogP) is 3.24. The van der Waals surface area contributed by atoms with E-state index in [0.29, 0.717) is 18.2 Å². The summed E-state index contributed by atoms with van der Waals surface area (Å²) in [6.45, 7) is 1.31. The number of hydrogen-bond donors (Lipinski definition) is 0. The fourth-order valence-electron chi connectivity index (χ4n) is 1.19. The van der Waals surface area contributed by atoms with Gasteiger partial charge in [-0.3, -0.25) is 0 Å². The number of benzene rings is 1. The molecule has 6 heteroatoms. The van der Waals surface area contributed by atoms with E-state index in [2.05, 4.69) is 4.99 Å². The van der Waals surface area contributed by atoms with Crippen LogP contribution in [-0.2, 0) is 11.0 Å². The van der Waals surface area contributed by atoms with E-state index in [1.54, 1.807) is 0 Å². The Morgan fingerprint density at radius 2 is 2.00 bits per heavy atom. The summed E-state index contributed by atoms with van der Waals surface area (Å²) in [5.41, 5.74) is -1.25. The molecular formula is C10H7F4NO. The standard InChI is InChI=1S/C10H7F4NO/c1-6(15-5-16)8-4-7(10(12,13)14)2-3-9(8)11/h2-4,6H,1H3. The third kappa shape index (κ3) is 2.67. The molecule has 0 radical (unpaired) electrons. The van der Waals surface area contributed by atoms with Crippen molar-refractivity contribution in [1.82, 2.24) is 0 Å². The Morgan fingerprint density at radius 1 is 1.38 bits per heavy atom. The Hall–Kier alpha value is -1.68. The van der Waals surface area contributed by atoms with E-state index in [4.69, 9.17) is 0 Å². The zero-order valence-electron chi connectivity index (χ0n) is 8.18. The van der Waals surface area contributed by atoms with E-state index in [9.17, 15) is 22.4 Å². The summed E-state index contributed by atoms with van der Waals surface area (Å²) in [4.78, 5) is 13.1. The minimum atomic E-state index is -4.55.